The molecular formula is C25H29FN4O5S. The van der Waals surface area contributed by atoms with Crippen molar-refractivity contribution in [1.29, 1.82) is 0 Å². The van der Waals surface area contributed by atoms with E-state index in [0.717, 1.165) is 4.90 Å². The number of para-hydroxylation sites is 1. The number of nitrogens with zero attached hydrogens (tertiary/aromatic N) is 3. The Balaban J connectivity index is 1.13. The number of sulfonamides is 1. The molecule has 2 heterocycles. The molecule has 0 bridgehead atoms. The number of nitrogens with one attached hydrogen (secondary N) is 1. The third-order valence-corrected chi connectivity index (χ3v) is 8.35. The van der Waals surface area contributed by atoms with Gasteiger partial charge in [-0.1, -0.05) is 24.3 Å². The number of fused-ring (bicyclic) bond motifs is 1. The number of imide groups is 1. The van der Waals surface area contributed by atoms with E-state index >= 15 is 0 Å². The quantitative estimate of drug-likeness (QED) is 0.382. The van der Waals surface area contributed by atoms with Gasteiger partial charge in [0, 0.05) is 45.7 Å². The lowest BCUT2D eigenvalue weighted by Crippen LogP contribution is -2.49. The van der Waals surface area contributed by atoms with Crippen molar-refractivity contribution in [1.82, 2.24) is 14.5 Å². The Kier molecular flexibility index (Phi) is 8.00. The van der Waals surface area contributed by atoms with E-state index < -0.39 is 10.0 Å². The van der Waals surface area contributed by atoms with E-state index in [2.05, 4.69) is 5.32 Å². The van der Waals surface area contributed by atoms with Crippen molar-refractivity contribution in [3.8, 4) is 0 Å². The molecule has 11 heteroatoms. The Hall–Kier alpha value is -3.31. The maximum Gasteiger partial charge on any atom is 0.261 e. The summed E-state index contributed by atoms with van der Waals surface area (Å²) in [5.74, 6) is -1.38. The zero-order valence-corrected chi connectivity index (χ0v) is 20.7. The standard InChI is InChI=1S/C25H29FN4O5S/c26-21-9-3-4-10-22(21)28-14-16-29(17-15-28)36(34,35)18-6-12-27-23(31)11-5-13-30-24(32)19-7-1-2-8-20(19)25(30)33/h1-4,7-10H,5-6,11-18H2,(H,27,31). The van der Waals surface area contributed by atoms with Gasteiger partial charge in [0.1, 0.15) is 5.82 Å². The molecule has 0 spiro atoms. The first-order chi connectivity index (χ1) is 17.3. The van der Waals surface area contributed by atoms with E-state index in [1.54, 1.807) is 42.5 Å². The van der Waals surface area contributed by atoms with E-state index in [-0.39, 0.29) is 68.3 Å². The van der Waals surface area contributed by atoms with Crippen LogP contribution in [0.25, 0.3) is 0 Å². The number of piperazine rings is 1. The zero-order chi connectivity index (χ0) is 25.7. The van der Waals surface area contributed by atoms with Crippen LogP contribution < -0.4 is 10.2 Å². The largest absolute Gasteiger partial charge is 0.367 e. The predicted octanol–water partition coefficient (Wildman–Crippen LogP) is 1.86. The molecule has 2 aliphatic rings. The lowest BCUT2D eigenvalue weighted by atomic mass is 10.1. The molecule has 2 aromatic carbocycles. The first-order valence-electron chi connectivity index (χ1n) is 12.0. The molecule has 0 aromatic heterocycles. The number of rotatable bonds is 10. The van der Waals surface area contributed by atoms with Gasteiger partial charge >= 0.3 is 0 Å². The number of hydrogen-bond acceptors (Lipinski definition) is 6. The van der Waals surface area contributed by atoms with Gasteiger partial charge in [-0.25, -0.2) is 12.8 Å². The van der Waals surface area contributed by atoms with E-state index in [1.165, 1.54) is 10.4 Å². The molecule has 0 atom stereocenters. The van der Waals surface area contributed by atoms with Gasteiger partial charge in [0.2, 0.25) is 15.9 Å². The van der Waals surface area contributed by atoms with Crippen molar-refractivity contribution < 1.29 is 27.2 Å². The summed E-state index contributed by atoms with van der Waals surface area (Å²) in [4.78, 5) is 39.8. The SMILES string of the molecule is O=C(CCCN1C(=O)c2ccccc2C1=O)NCCCS(=O)(=O)N1CCN(c2ccccc2F)CC1. The predicted molar refractivity (Wildman–Crippen MR) is 133 cm³/mol. The molecule has 2 aromatic rings. The van der Waals surface area contributed by atoms with E-state index in [1.807, 2.05) is 4.90 Å². The normalized spacial score (nSPS) is 16.4. The van der Waals surface area contributed by atoms with Gasteiger partial charge in [-0.15, -0.1) is 0 Å². The monoisotopic (exact) mass is 516 g/mol. The number of amides is 3. The molecule has 0 radical (unpaired) electrons. The van der Waals surface area contributed by atoms with E-state index in [9.17, 15) is 27.2 Å². The van der Waals surface area contributed by atoms with Gasteiger partial charge in [-0.05, 0) is 37.1 Å². The fourth-order valence-electron chi connectivity index (χ4n) is 4.46. The van der Waals surface area contributed by atoms with Crippen LogP contribution in [0.2, 0.25) is 0 Å². The van der Waals surface area contributed by atoms with Crippen LogP contribution in [-0.4, -0.2) is 80.4 Å². The zero-order valence-electron chi connectivity index (χ0n) is 19.9. The second-order valence-electron chi connectivity index (χ2n) is 8.77. The van der Waals surface area contributed by atoms with Crippen molar-refractivity contribution >= 4 is 33.4 Å². The summed E-state index contributed by atoms with van der Waals surface area (Å²) < 4.78 is 40.7. The Morgan fingerprint density at radius 2 is 1.50 bits per heavy atom. The summed E-state index contributed by atoms with van der Waals surface area (Å²) in [6, 6.07) is 13.1. The molecule has 0 aliphatic carbocycles. The van der Waals surface area contributed by atoms with Gasteiger partial charge in [-0.2, -0.15) is 4.31 Å². The van der Waals surface area contributed by atoms with Gasteiger partial charge in [0.05, 0.1) is 22.6 Å². The second kappa shape index (κ2) is 11.2. The molecule has 4 rings (SSSR count). The number of anilines is 1. The van der Waals surface area contributed by atoms with Crippen LogP contribution in [0, 0.1) is 5.82 Å². The molecule has 1 saturated heterocycles. The first-order valence-corrected chi connectivity index (χ1v) is 13.6. The third kappa shape index (κ3) is 5.73. The lowest BCUT2D eigenvalue weighted by molar-refractivity contribution is -0.121. The van der Waals surface area contributed by atoms with Gasteiger partial charge in [0.15, 0.2) is 0 Å². The summed E-state index contributed by atoms with van der Waals surface area (Å²) in [5, 5.41) is 2.70. The minimum atomic E-state index is -3.48. The average Bonchev–Trinajstić information content (AvgIpc) is 3.12. The van der Waals surface area contributed by atoms with Crippen LogP contribution in [0.15, 0.2) is 48.5 Å². The highest BCUT2D eigenvalue weighted by molar-refractivity contribution is 7.89. The Morgan fingerprint density at radius 1 is 0.889 bits per heavy atom. The molecule has 9 nitrogen and oxygen atoms in total. The number of carbonyl (C=O) groups is 3. The molecule has 0 saturated carbocycles. The Morgan fingerprint density at radius 3 is 2.14 bits per heavy atom. The highest BCUT2D eigenvalue weighted by atomic mass is 32.2. The van der Waals surface area contributed by atoms with Gasteiger partial charge < -0.3 is 10.2 Å². The highest BCUT2D eigenvalue weighted by Crippen LogP contribution is 2.23. The maximum atomic E-state index is 14.0. The van der Waals surface area contributed by atoms with Crippen LogP contribution in [-0.2, 0) is 14.8 Å². The van der Waals surface area contributed by atoms with Crippen molar-refractivity contribution in [2.75, 3.05) is 49.9 Å². The minimum Gasteiger partial charge on any atom is -0.367 e. The fraction of sp³-hybridized carbons (Fsp3) is 0.400. The Labute approximate surface area is 209 Å². The Bertz CT molecular complexity index is 1210. The minimum absolute atomic E-state index is 0.0952. The van der Waals surface area contributed by atoms with E-state index in [4.69, 9.17) is 0 Å². The summed E-state index contributed by atoms with van der Waals surface area (Å²) >= 11 is 0. The summed E-state index contributed by atoms with van der Waals surface area (Å²) in [7, 11) is -3.48. The highest BCUT2D eigenvalue weighted by Gasteiger charge is 2.34. The fourth-order valence-corrected chi connectivity index (χ4v) is 5.94. The maximum absolute atomic E-state index is 14.0. The molecule has 0 unspecified atom stereocenters. The summed E-state index contributed by atoms with van der Waals surface area (Å²) in [5.41, 5.74) is 1.23. The molecular weight excluding hydrogens is 487 g/mol. The summed E-state index contributed by atoms with van der Waals surface area (Å²) in [6.07, 6.45) is 0.708. The second-order valence-corrected chi connectivity index (χ2v) is 10.9. The lowest BCUT2D eigenvalue weighted by Gasteiger charge is -2.35. The first kappa shape index (κ1) is 25.8. The van der Waals surface area contributed by atoms with Crippen LogP contribution in [0.5, 0.6) is 0 Å². The van der Waals surface area contributed by atoms with Crippen molar-refractivity contribution in [3.63, 3.8) is 0 Å². The number of carbonyl (C=O) groups excluding carboxylic acids is 3. The molecule has 36 heavy (non-hydrogen) atoms. The molecule has 192 valence electrons. The molecule has 1 fully saturated rings. The molecule has 1 N–H and O–H groups in total. The van der Waals surface area contributed by atoms with Crippen LogP contribution in [0.1, 0.15) is 40.0 Å². The van der Waals surface area contributed by atoms with Crippen molar-refractivity contribution in [2.24, 2.45) is 0 Å². The molecule has 2 aliphatic heterocycles. The molecule has 3 amide bonds. The van der Waals surface area contributed by atoms with Crippen LogP contribution in [0.3, 0.4) is 0 Å². The van der Waals surface area contributed by atoms with Gasteiger partial charge in [0.25, 0.3) is 11.8 Å². The van der Waals surface area contributed by atoms with E-state index in [0.29, 0.717) is 36.3 Å². The number of benzene rings is 2. The van der Waals surface area contributed by atoms with Gasteiger partial charge in [-0.3, -0.25) is 19.3 Å². The van der Waals surface area contributed by atoms with Crippen LogP contribution >= 0.6 is 0 Å². The topological polar surface area (TPSA) is 107 Å². The van der Waals surface area contributed by atoms with Crippen molar-refractivity contribution in [3.05, 3.63) is 65.5 Å². The smallest absolute Gasteiger partial charge is 0.261 e. The summed E-state index contributed by atoms with van der Waals surface area (Å²) in [6.45, 7) is 1.73. The average molecular weight is 517 g/mol. The van der Waals surface area contributed by atoms with Crippen molar-refractivity contribution in [2.45, 2.75) is 19.3 Å². The number of halogens is 1. The third-order valence-electron chi connectivity index (χ3n) is 6.39. The van der Waals surface area contributed by atoms with Crippen LogP contribution in [0.4, 0.5) is 10.1 Å². The number of hydrogen-bond donors (Lipinski definition) is 1.